The summed E-state index contributed by atoms with van der Waals surface area (Å²) in [6.07, 6.45) is 2.39. The van der Waals surface area contributed by atoms with Gasteiger partial charge in [-0.25, -0.2) is 0 Å². The van der Waals surface area contributed by atoms with Gasteiger partial charge in [0.25, 0.3) is 0 Å². The standard InChI is InChI=1S/C15H14ClNOS/c1-19-14-7-5-11(6-8-14)9-15(18)17-13-4-2-3-12(16)10-13/h2-8,10H,9H2,1H3,(H,17,18). The molecule has 0 bridgehead atoms. The van der Waals surface area contributed by atoms with E-state index in [1.165, 1.54) is 4.90 Å². The third-order valence-electron chi connectivity index (χ3n) is 2.63. The van der Waals surface area contributed by atoms with Crippen molar-refractivity contribution in [2.75, 3.05) is 11.6 Å². The van der Waals surface area contributed by atoms with Crippen LogP contribution in [0, 0.1) is 0 Å². The lowest BCUT2D eigenvalue weighted by atomic mass is 10.1. The Bertz CT molecular complexity index is 569. The molecule has 1 amide bonds. The number of hydrogen-bond acceptors (Lipinski definition) is 2. The van der Waals surface area contributed by atoms with Crippen LogP contribution in [0.2, 0.25) is 5.02 Å². The van der Waals surface area contributed by atoms with E-state index in [1.54, 1.807) is 23.9 Å². The van der Waals surface area contributed by atoms with Crippen molar-refractivity contribution in [3.63, 3.8) is 0 Å². The highest BCUT2D eigenvalue weighted by Crippen LogP contribution is 2.17. The highest BCUT2D eigenvalue weighted by atomic mass is 35.5. The Morgan fingerprint density at radius 1 is 1.21 bits per heavy atom. The van der Waals surface area contributed by atoms with Crippen LogP contribution in [0.1, 0.15) is 5.56 Å². The second-order valence-corrected chi connectivity index (χ2v) is 5.40. The first-order chi connectivity index (χ1) is 9.17. The molecule has 0 spiro atoms. The molecule has 4 heteroatoms. The lowest BCUT2D eigenvalue weighted by molar-refractivity contribution is -0.115. The summed E-state index contributed by atoms with van der Waals surface area (Å²) < 4.78 is 0. The molecule has 2 aromatic rings. The zero-order valence-electron chi connectivity index (χ0n) is 10.5. The molecule has 2 rings (SSSR count). The van der Waals surface area contributed by atoms with Crippen LogP contribution < -0.4 is 5.32 Å². The second-order valence-electron chi connectivity index (χ2n) is 4.08. The van der Waals surface area contributed by atoms with Crippen molar-refractivity contribution >= 4 is 35.0 Å². The van der Waals surface area contributed by atoms with E-state index in [9.17, 15) is 4.79 Å². The Morgan fingerprint density at radius 2 is 1.95 bits per heavy atom. The zero-order valence-corrected chi connectivity index (χ0v) is 12.1. The highest BCUT2D eigenvalue weighted by molar-refractivity contribution is 7.98. The smallest absolute Gasteiger partial charge is 0.228 e. The maximum atomic E-state index is 11.9. The van der Waals surface area contributed by atoms with E-state index in [0.717, 1.165) is 11.3 Å². The fourth-order valence-corrected chi connectivity index (χ4v) is 2.30. The summed E-state index contributed by atoms with van der Waals surface area (Å²) in [6.45, 7) is 0. The number of carbonyl (C=O) groups is 1. The molecule has 2 nitrogen and oxygen atoms in total. The average Bonchev–Trinajstić information content (AvgIpc) is 2.39. The van der Waals surface area contributed by atoms with Gasteiger partial charge < -0.3 is 5.32 Å². The number of carbonyl (C=O) groups excluding carboxylic acids is 1. The Labute approximate surface area is 122 Å². The van der Waals surface area contributed by atoms with E-state index in [0.29, 0.717) is 11.4 Å². The molecule has 0 atom stereocenters. The average molecular weight is 292 g/mol. The summed E-state index contributed by atoms with van der Waals surface area (Å²) in [5.41, 5.74) is 1.72. The van der Waals surface area contributed by atoms with Crippen LogP contribution in [0.5, 0.6) is 0 Å². The maximum Gasteiger partial charge on any atom is 0.228 e. The van der Waals surface area contributed by atoms with Crippen molar-refractivity contribution in [3.05, 3.63) is 59.1 Å². The quantitative estimate of drug-likeness (QED) is 0.854. The van der Waals surface area contributed by atoms with Gasteiger partial charge in [0.2, 0.25) is 5.91 Å². The molecule has 0 fully saturated rings. The van der Waals surface area contributed by atoms with Crippen molar-refractivity contribution < 1.29 is 4.79 Å². The molecular formula is C15H14ClNOS. The Kier molecular flexibility index (Phi) is 4.88. The Hall–Kier alpha value is -1.45. The molecule has 0 saturated heterocycles. The van der Waals surface area contributed by atoms with Gasteiger partial charge >= 0.3 is 0 Å². The van der Waals surface area contributed by atoms with Gasteiger partial charge in [-0.05, 0) is 42.2 Å². The molecule has 19 heavy (non-hydrogen) atoms. The van der Waals surface area contributed by atoms with Crippen LogP contribution in [-0.4, -0.2) is 12.2 Å². The van der Waals surface area contributed by atoms with E-state index >= 15 is 0 Å². The second kappa shape index (κ2) is 6.64. The summed E-state index contributed by atoms with van der Waals surface area (Å²) >= 11 is 7.55. The van der Waals surface area contributed by atoms with E-state index in [-0.39, 0.29) is 5.91 Å². The summed E-state index contributed by atoms with van der Waals surface area (Å²) in [5.74, 6) is -0.0424. The van der Waals surface area contributed by atoms with Gasteiger partial charge in [0.15, 0.2) is 0 Å². The third-order valence-corrected chi connectivity index (χ3v) is 3.61. The van der Waals surface area contributed by atoms with Crippen LogP contribution >= 0.6 is 23.4 Å². The van der Waals surface area contributed by atoms with E-state index in [1.807, 2.05) is 42.7 Å². The molecule has 0 aliphatic carbocycles. The van der Waals surface area contributed by atoms with Gasteiger partial charge in [0, 0.05) is 15.6 Å². The molecule has 0 unspecified atom stereocenters. The number of benzene rings is 2. The van der Waals surface area contributed by atoms with Crippen LogP contribution in [0.15, 0.2) is 53.4 Å². The molecule has 0 heterocycles. The number of amides is 1. The summed E-state index contributed by atoms with van der Waals surface area (Å²) in [4.78, 5) is 13.1. The first-order valence-electron chi connectivity index (χ1n) is 5.86. The predicted octanol–water partition coefficient (Wildman–Crippen LogP) is 4.24. The van der Waals surface area contributed by atoms with Gasteiger partial charge in [-0.3, -0.25) is 4.79 Å². The number of halogens is 1. The van der Waals surface area contributed by atoms with Crippen molar-refractivity contribution in [3.8, 4) is 0 Å². The minimum Gasteiger partial charge on any atom is -0.326 e. The van der Waals surface area contributed by atoms with Gasteiger partial charge in [-0.2, -0.15) is 0 Å². The molecule has 0 aliphatic rings. The lowest BCUT2D eigenvalue weighted by Gasteiger charge is -2.06. The lowest BCUT2D eigenvalue weighted by Crippen LogP contribution is -2.14. The number of hydrogen-bond donors (Lipinski definition) is 1. The first-order valence-corrected chi connectivity index (χ1v) is 7.46. The summed E-state index contributed by atoms with van der Waals surface area (Å²) in [6, 6.07) is 15.1. The Morgan fingerprint density at radius 3 is 2.58 bits per heavy atom. The van der Waals surface area contributed by atoms with Crippen molar-refractivity contribution in [1.29, 1.82) is 0 Å². The maximum absolute atomic E-state index is 11.9. The number of rotatable bonds is 4. The monoisotopic (exact) mass is 291 g/mol. The molecule has 98 valence electrons. The third kappa shape index (κ3) is 4.30. The fraction of sp³-hybridized carbons (Fsp3) is 0.133. The van der Waals surface area contributed by atoms with E-state index in [2.05, 4.69) is 5.32 Å². The van der Waals surface area contributed by atoms with Gasteiger partial charge in [-0.15, -0.1) is 11.8 Å². The molecule has 2 aromatic carbocycles. The minimum absolute atomic E-state index is 0.0424. The van der Waals surface area contributed by atoms with Crippen molar-refractivity contribution in [2.24, 2.45) is 0 Å². The molecule has 0 aliphatic heterocycles. The van der Waals surface area contributed by atoms with Crippen LogP contribution in [0.25, 0.3) is 0 Å². The highest BCUT2D eigenvalue weighted by Gasteiger charge is 2.04. The Balaban J connectivity index is 1.97. The molecular weight excluding hydrogens is 278 g/mol. The normalized spacial score (nSPS) is 10.2. The largest absolute Gasteiger partial charge is 0.326 e. The van der Waals surface area contributed by atoms with Gasteiger partial charge in [0.1, 0.15) is 0 Å². The molecule has 1 N–H and O–H groups in total. The first kappa shape index (κ1) is 14.0. The number of nitrogens with one attached hydrogen (secondary N) is 1. The molecule has 0 aromatic heterocycles. The zero-order chi connectivity index (χ0) is 13.7. The van der Waals surface area contributed by atoms with Crippen LogP contribution in [0.4, 0.5) is 5.69 Å². The molecule has 0 saturated carbocycles. The SMILES string of the molecule is CSc1ccc(CC(=O)Nc2cccc(Cl)c2)cc1. The van der Waals surface area contributed by atoms with Gasteiger partial charge in [0.05, 0.1) is 6.42 Å². The number of anilines is 1. The summed E-state index contributed by atoms with van der Waals surface area (Å²) in [7, 11) is 0. The summed E-state index contributed by atoms with van der Waals surface area (Å²) in [5, 5.41) is 3.44. The fourth-order valence-electron chi connectivity index (χ4n) is 1.70. The topological polar surface area (TPSA) is 29.1 Å². The van der Waals surface area contributed by atoms with E-state index in [4.69, 9.17) is 11.6 Å². The van der Waals surface area contributed by atoms with E-state index < -0.39 is 0 Å². The van der Waals surface area contributed by atoms with Crippen LogP contribution in [0.3, 0.4) is 0 Å². The van der Waals surface area contributed by atoms with Crippen molar-refractivity contribution in [2.45, 2.75) is 11.3 Å². The predicted molar refractivity (Wildman–Crippen MR) is 82.0 cm³/mol. The number of thioether (sulfide) groups is 1. The van der Waals surface area contributed by atoms with Crippen molar-refractivity contribution in [1.82, 2.24) is 0 Å². The minimum atomic E-state index is -0.0424. The molecule has 0 radical (unpaired) electrons. The van der Waals surface area contributed by atoms with Crippen LogP contribution in [-0.2, 0) is 11.2 Å². The van der Waals surface area contributed by atoms with Gasteiger partial charge in [-0.1, -0.05) is 29.8 Å².